The van der Waals surface area contributed by atoms with E-state index < -0.39 is 0 Å². The topological polar surface area (TPSA) is 79.0 Å². The summed E-state index contributed by atoms with van der Waals surface area (Å²) in [5.41, 5.74) is 5.68. The van der Waals surface area contributed by atoms with E-state index in [0.717, 1.165) is 35.7 Å². The molecule has 1 fully saturated rings. The maximum Gasteiger partial charge on any atom is 0.338 e. The van der Waals surface area contributed by atoms with E-state index in [4.69, 9.17) is 4.74 Å². The zero-order valence-electron chi connectivity index (χ0n) is 18.9. The number of nitrogens with zero attached hydrogens (tertiary/aromatic N) is 5. The van der Waals surface area contributed by atoms with Crippen LogP contribution in [-0.2, 0) is 4.74 Å². The van der Waals surface area contributed by atoms with E-state index >= 15 is 0 Å². The monoisotopic (exact) mass is 441 g/mol. The lowest BCUT2D eigenvalue weighted by Gasteiger charge is -2.17. The molecule has 168 valence electrons. The van der Waals surface area contributed by atoms with Gasteiger partial charge in [-0.1, -0.05) is 0 Å². The molecule has 4 rings (SSSR count). The zero-order chi connectivity index (χ0) is 23.0. The van der Waals surface area contributed by atoms with Gasteiger partial charge in [0.25, 0.3) is 0 Å². The van der Waals surface area contributed by atoms with E-state index in [9.17, 15) is 4.79 Å². The number of ether oxygens (including phenoxy) is 1. The van der Waals surface area contributed by atoms with Gasteiger partial charge >= 0.3 is 5.97 Å². The van der Waals surface area contributed by atoms with Gasteiger partial charge in [0.1, 0.15) is 0 Å². The number of hydrogen-bond donors (Lipinski definition) is 0. The molecule has 0 amide bonds. The van der Waals surface area contributed by atoms with Crippen molar-refractivity contribution in [3.63, 3.8) is 0 Å². The molecule has 0 unspecified atom stereocenters. The third-order valence-electron chi connectivity index (χ3n) is 5.43. The van der Waals surface area contributed by atoms with Crippen molar-refractivity contribution in [2.75, 3.05) is 24.6 Å². The van der Waals surface area contributed by atoms with Gasteiger partial charge in [0, 0.05) is 18.8 Å². The second kappa shape index (κ2) is 10.6. The van der Waals surface area contributed by atoms with Crippen molar-refractivity contribution in [3.05, 3.63) is 77.9 Å². The summed E-state index contributed by atoms with van der Waals surface area (Å²) in [6.45, 7) is 6.35. The number of benzene rings is 3. The average Bonchev–Trinajstić information content (AvgIpc) is 3.38. The van der Waals surface area contributed by atoms with E-state index in [1.807, 2.05) is 37.3 Å². The van der Waals surface area contributed by atoms with Crippen molar-refractivity contribution in [2.45, 2.75) is 26.7 Å². The molecule has 3 aromatic carbocycles. The van der Waals surface area contributed by atoms with Gasteiger partial charge in [0.15, 0.2) is 0 Å². The summed E-state index contributed by atoms with van der Waals surface area (Å²) < 4.78 is 4.98. The second-order valence-corrected chi connectivity index (χ2v) is 7.85. The third kappa shape index (κ3) is 5.88. The minimum atomic E-state index is -0.344. The number of carbonyl (C=O) groups is 1. The summed E-state index contributed by atoms with van der Waals surface area (Å²) in [5, 5.41) is 17.3. The molecule has 0 atom stereocenters. The first-order valence-electron chi connectivity index (χ1n) is 11.2. The van der Waals surface area contributed by atoms with Crippen molar-refractivity contribution in [3.8, 4) is 0 Å². The van der Waals surface area contributed by atoms with Crippen LogP contribution in [0.5, 0.6) is 0 Å². The molecule has 7 heteroatoms. The van der Waals surface area contributed by atoms with Crippen molar-refractivity contribution in [2.24, 2.45) is 20.5 Å². The molecule has 0 spiro atoms. The van der Waals surface area contributed by atoms with Crippen LogP contribution in [0.15, 0.2) is 87.2 Å². The zero-order valence-corrected chi connectivity index (χ0v) is 18.9. The van der Waals surface area contributed by atoms with Crippen LogP contribution in [-0.4, -0.2) is 25.7 Å². The third-order valence-corrected chi connectivity index (χ3v) is 5.43. The summed E-state index contributed by atoms with van der Waals surface area (Å²) in [6.07, 6.45) is 2.52. The van der Waals surface area contributed by atoms with Gasteiger partial charge in [-0.2, -0.15) is 20.5 Å². The Morgan fingerprint density at radius 2 is 1.39 bits per heavy atom. The molecule has 1 heterocycles. The highest BCUT2D eigenvalue weighted by atomic mass is 16.5. The Morgan fingerprint density at radius 3 is 2.03 bits per heavy atom. The highest BCUT2D eigenvalue weighted by Crippen LogP contribution is 2.28. The minimum Gasteiger partial charge on any atom is -0.462 e. The molecule has 1 aliphatic rings. The molecule has 0 saturated carbocycles. The maximum absolute atomic E-state index is 11.7. The van der Waals surface area contributed by atoms with Gasteiger partial charge in [-0.25, -0.2) is 4.79 Å². The molecule has 0 radical (unpaired) electrons. The summed E-state index contributed by atoms with van der Waals surface area (Å²) in [5.74, 6) is -0.344. The van der Waals surface area contributed by atoms with Gasteiger partial charge in [-0.3, -0.25) is 0 Å². The SMILES string of the molecule is CCOC(=O)c1ccc(/N=N/c2ccc(/N=N/c3ccc(N4CCCC4)cc3)c(C)c2)cc1. The summed E-state index contributed by atoms with van der Waals surface area (Å²) in [6, 6.07) is 20.7. The summed E-state index contributed by atoms with van der Waals surface area (Å²) >= 11 is 0. The fourth-order valence-corrected chi connectivity index (χ4v) is 3.63. The number of carbonyl (C=O) groups excluding carboxylic acids is 1. The molecule has 33 heavy (non-hydrogen) atoms. The van der Waals surface area contributed by atoms with Gasteiger partial charge in [-0.05, 0) is 99.0 Å². The highest BCUT2D eigenvalue weighted by Gasteiger charge is 2.11. The number of aryl methyl sites for hydroxylation is 1. The quantitative estimate of drug-likeness (QED) is 0.280. The highest BCUT2D eigenvalue weighted by molar-refractivity contribution is 5.89. The van der Waals surface area contributed by atoms with Crippen LogP contribution in [0.3, 0.4) is 0 Å². The number of esters is 1. The first-order chi connectivity index (χ1) is 16.1. The predicted octanol–water partition coefficient (Wildman–Crippen LogP) is 7.60. The molecule has 0 bridgehead atoms. The van der Waals surface area contributed by atoms with E-state index in [0.29, 0.717) is 17.9 Å². The Morgan fingerprint density at radius 1 is 0.818 bits per heavy atom. The van der Waals surface area contributed by atoms with Gasteiger partial charge in [-0.15, -0.1) is 0 Å². The predicted molar refractivity (Wildman–Crippen MR) is 130 cm³/mol. The Kier molecular flexibility index (Phi) is 7.19. The normalized spacial score (nSPS) is 13.8. The van der Waals surface area contributed by atoms with E-state index in [1.165, 1.54) is 18.5 Å². The van der Waals surface area contributed by atoms with Crippen LogP contribution in [0.4, 0.5) is 28.4 Å². The lowest BCUT2D eigenvalue weighted by Crippen LogP contribution is -2.17. The molecular formula is C26H27N5O2. The fourth-order valence-electron chi connectivity index (χ4n) is 3.63. The van der Waals surface area contributed by atoms with Crippen LogP contribution >= 0.6 is 0 Å². The van der Waals surface area contributed by atoms with Crippen molar-refractivity contribution in [1.29, 1.82) is 0 Å². The smallest absolute Gasteiger partial charge is 0.338 e. The summed E-state index contributed by atoms with van der Waals surface area (Å²) in [7, 11) is 0. The second-order valence-electron chi connectivity index (χ2n) is 7.85. The molecule has 3 aromatic rings. The van der Waals surface area contributed by atoms with Crippen LogP contribution < -0.4 is 4.90 Å². The minimum absolute atomic E-state index is 0.344. The molecule has 1 aliphatic heterocycles. The van der Waals surface area contributed by atoms with Gasteiger partial charge in [0.05, 0.1) is 34.9 Å². The number of anilines is 1. The lowest BCUT2D eigenvalue weighted by molar-refractivity contribution is 0.0526. The molecule has 7 nitrogen and oxygen atoms in total. The van der Waals surface area contributed by atoms with Crippen molar-refractivity contribution in [1.82, 2.24) is 0 Å². The van der Waals surface area contributed by atoms with Gasteiger partial charge < -0.3 is 9.64 Å². The Balaban J connectivity index is 1.39. The molecule has 1 saturated heterocycles. The Bertz CT molecular complexity index is 1150. The van der Waals surface area contributed by atoms with Crippen LogP contribution in [0.1, 0.15) is 35.7 Å². The van der Waals surface area contributed by atoms with Crippen LogP contribution in [0.2, 0.25) is 0 Å². The number of rotatable bonds is 7. The van der Waals surface area contributed by atoms with E-state index in [2.05, 4.69) is 37.5 Å². The molecular weight excluding hydrogens is 414 g/mol. The van der Waals surface area contributed by atoms with Crippen molar-refractivity contribution < 1.29 is 9.53 Å². The Hall–Kier alpha value is -3.87. The van der Waals surface area contributed by atoms with E-state index in [1.54, 1.807) is 31.2 Å². The summed E-state index contributed by atoms with van der Waals surface area (Å²) in [4.78, 5) is 14.1. The Labute approximate surface area is 193 Å². The molecule has 0 aliphatic carbocycles. The largest absolute Gasteiger partial charge is 0.462 e. The maximum atomic E-state index is 11.7. The first-order valence-corrected chi connectivity index (χ1v) is 11.2. The average molecular weight is 442 g/mol. The fraction of sp³-hybridized carbons (Fsp3) is 0.269. The molecule has 0 N–H and O–H groups in total. The number of hydrogen-bond acceptors (Lipinski definition) is 7. The standard InChI is InChI=1S/C26H27N5O2/c1-3-33-26(32)20-6-8-21(9-7-20)27-29-23-12-15-25(19(2)18-23)30-28-22-10-13-24(14-11-22)31-16-4-5-17-31/h6-15,18H,3-5,16-17H2,1-2H3/b29-27+,30-28+. The number of azo groups is 2. The first kappa shape index (κ1) is 22.3. The van der Waals surface area contributed by atoms with Gasteiger partial charge in [0.2, 0.25) is 0 Å². The van der Waals surface area contributed by atoms with Crippen LogP contribution in [0.25, 0.3) is 0 Å². The molecule has 0 aromatic heterocycles. The lowest BCUT2D eigenvalue weighted by atomic mass is 10.2. The van der Waals surface area contributed by atoms with E-state index in [-0.39, 0.29) is 5.97 Å². The van der Waals surface area contributed by atoms with Crippen LogP contribution in [0, 0.1) is 6.92 Å². The van der Waals surface area contributed by atoms with Crippen molar-refractivity contribution >= 4 is 34.4 Å².